The molecule has 1 saturated carbocycles. The van der Waals surface area contributed by atoms with Gasteiger partial charge in [0.25, 0.3) is 5.56 Å². The van der Waals surface area contributed by atoms with Crippen LogP contribution in [0.15, 0.2) is 48.0 Å². The lowest BCUT2D eigenvalue weighted by Crippen LogP contribution is -2.39. The molecule has 0 amide bonds. The van der Waals surface area contributed by atoms with Crippen molar-refractivity contribution in [1.82, 2.24) is 24.1 Å². The summed E-state index contributed by atoms with van der Waals surface area (Å²) in [7, 11) is 2.10. The Hall–Kier alpha value is -3.19. The number of hydrogen-bond acceptors (Lipinski definition) is 5. The van der Waals surface area contributed by atoms with Gasteiger partial charge in [0, 0.05) is 36.0 Å². The van der Waals surface area contributed by atoms with E-state index in [1.807, 2.05) is 31.3 Å². The van der Waals surface area contributed by atoms with Crippen LogP contribution in [-0.2, 0) is 18.5 Å². The summed E-state index contributed by atoms with van der Waals surface area (Å²) in [5, 5.41) is 8.04. The SMILES string of the molecule is C=Cc1c(CN(C)C2CCC2)c(=O)n2nc(C(C)(C)C)cc2n1CC(=C)Nc1ccc(C)cn1. The van der Waals surface area contributed by atoms with Crippen molar-refractivity contribution in [3.63, 3.8) is 0 Å². The molecule has 0 atom stereocenters. The van der Waals surface area contributed by atoms with Crippen LogP contribution in [0.4, 0.5) is 5.82 Å². The van der Waals surface area contributed by atoms with Crippen LogP contribution in [0.1, 0.15) is 62.5 Å². The average molecular weight is 461 g/mol. The van der Waals surface area contributed by atoms with Crippen molar-refractivity contribution in [3.05, 3.63) is 76.1 Å². The Bertz CT molecular complexity index is 1270. The van der Waals surface area contributed by atoms with Crippen LogP contribution in [0.3, 0.4) is 0 Å². The lowest BCUT2D eigenvalue weighted by Gasteiger charge is -2.35. The topological polar surface area (TPSA) is 67.5 Å². The van der Waals surface area contributed by atoms with Crippen molar-refractivity contribution in [2.24, 2.45) is 0 Å². The molecular weight excluding hydrogens is 424 g/mol. The maximum atomic E-state index is 13.6. The molecule has 3 aromatic heterocycles. The van der Waals surface area contributed by atoms with E-state index in [9.17, 15) is 4.79 Å². The normalized spacial score (nSPS) is 14.4. The monoisotopic (exact) mass is 460 g/mol. The van der Waals surface area contributed by atoms with Gasteiger partial charge in [0.1, 0.15) is 11.5 Å². The molecule has 1 N–H and O–H groups in total. The van der Waals surface area contributed by atoms with Gasteiger partial charge in [0.15, 0.2) is 0 Å². The number of aryl methyl sites for hydroxylation is 1. The summed E-state index contributed by atoms with van der Waals surface area (Å²) in [4.78, 5) is 20.3. The first kappa shape index (κ1) is 24.0. The van der Waals surface area contributed by atoms with Crippen LogP contribution in [0.25, 0.3) is 11.7 Å². The lowest BCUT2D eigenvalue weighted by atomic mass is 9.91. The van der Waals surface area contributed by atoms with E-state index >= 15 is 0 Å². The molecule has 1 aliphatic rings. The summed E-state index contributed by atoms with van der Waals surface area (Å²) in [6, 6.07) is 6.47. The van der Waals surface area contributed by atoms with E-state index < -0.39 is 0 Å². The van der Waals surface area contributed by atoms with Crippen LogP contribution in [0.2, 0.25) is 0 Å². The Morgan fingerprint density at radius 1 is 1.32 bits per heavy atom. The molecule has 0 bridgehead atoms. The fraction of sp³-hybridized carbons (Fsp3) is 0.444. The van der Waals surface area contributed by atoms with E-state index in [0.717, 1.165) is 34.1 Å². The maximum absolute atomic E-state index is 13.6. The van der Waals surface area contributed by atoms with Crippen LogP contribution in [-0.4, -0.2) is 37.2 Å². The number of aromatic nitrogens is 4. The fourth-order valence-corrected chi connectivity index (χ4v) is 4.31. The van der Waals surface area contributed by atoms with Crippen LogP contribution in [0, 0.1) is 6.92 Å². The molecule has 0 spiro atoms. The zero-order chi connectivity index (χ0) is 24.6. The van der Waals surface area contributed by atoms with Crippen LogP contribution in [0.5, 0.6) is 0 Å². The Balaban J connectivity index is 1.79. The van der Waals surface area contributed by atoms with Crippen molar-refractivity contribution in [2.75, 3.05) is 12.4 Å². The molecule has 4 rings (SSSR count). The standard InChI is InChI=1S/C27H36N6O/c1-8-22-21(17-31(7)20-10-9-11-20)26(34)33-25(14-23(30-33)27(4,5)6)32(22)16-19(3)29-24-13-12-18(2)15-28-24/h8,12-15,20H,1,3,9-11,16-17H2,2,4-7H3,(H,28,29). The number of hydrogen-bond donors (Lipinski definition) is 1. The predicted molar refractivity (Wildman–Crippen MR) is 139 cm³/mol. The largest absolute Gasteiger partial charge is 0.343 e. The second kappa shape index (κ2) is 9.22. The van der Waals surface area contributed by atoms with Crippen LogP contribution >= 0.6 is 0 Å². The summed E-state index contributed by atoms with van der Waals surface area (Å²) in [6.07, 6.45) is 7.21. The number of pyridine rings is 1. The number of fused-ring (bicyclic) bond motifs is 1. The summed E-state index contributed by atoms with van der Waals surface area (Å²) in [5.74, 6) is 0.738. The Labute approximate surface area is 201 Å². The molecule has 0 saturated heterocycles. The van der Waals surface area contributed by atoms with Gasteiger partial charge in [-0.05, 0) is 44.5 Å². The van der Waals surface area contributed by atoms with E-state index in [0.29, 0.717) is 24.7 Å². The molecule has 0 aliphatic heterocycles. The summed E-state index contributed by atoms with van der Waals surface area (Å²) >= 11 is 0. The van der Waals surface area contributed by atoms with Gasteiger partial charge in [-0.15, -0.1) is 0 Å². The smallest absolute Gasteiger partial charge is 0.279 e. The number of allylic oxidation sites excluding steroid dienone is 1. The van der Waals surface area contributed by atoms with Gasteiger partial charge in [0.05, 0.1) is 23.5 Å². The highest BCUT2D eigenvalue weighted by atomic mass is 16.1. The van der Waals surface area contributed by atoms with Crippen molar-refractivity contribution in [3.8, 4) is 0 Å². The fourth-order valence-electron chi connectivity index (χ4n) is 4.31. The summed E-state index contributed by atoms with van der Waals surface area (Å²) in [6.45, 7) is 17.7. The minimum Gasteiger partial charge on any atom is -0.343 e. The molecule has 34 heavy (non-hydrogen) atoms. The first-order valence-electron chi connectivity index (χ1n) is 11.9. The molecule has 0 aromatic carbocycles. The highest BCUT2D eigenvalue weighted by molar-refractivity contribution is 5.56. The van der Waals surface area contributed by atoms with Crippen LogP contribution < -0.4 is 10.9 Å². The van der Waals surface area contributed by atoms with E-state index in [1.54, 1.807) is 10.6 Å². The molecule has 3 heterocycles. The van der Waals surface area contributed by atoms with E-state index in [1.165, 1.54) is 19.3 Å². The summed E-state index contributed by atoms with van der Waals surface area (Å²) in [5.41, 5.74) is 4.72. The van der Waals surface area contributed by atoms with Crippen molar-refractivity contribution in [1.29, 1.82) is 0 Å². The Kier molecular flexibility index (Phi) is 6.49. The van der Waals surface area contributed by atoms with Gasteiger partial charge >= 0.3 is 0 Å². The number of nitrogens with zero attached hydrogens (tertiary/aromatic N) is 5. The second-order valence-corrected chi connectivity index (χ2v) is 10.5. The Morgan fingerprint density at radius 2 is 2.06 bits per heavy atom. The molecule has 7 heteroatoms. The first-order valence-corrected chi connectivity index (χ1v) is 11.9. The van der Waals surface area contributed by atoms with Gasteiger partial charge in [-0.25, -0.2) is 4.98 Å². The van der Waals surface area contributed by atoms with Crippen molar-refractivity contribution < 1.29 is 0 Å². The molecule has 0 unspecified atom stereocenters. The highest BCUT2D eigenvalue weighted by Crippen LogP contribution is 2.27. The zero-order valence-corrected chi connectivity index (χ0v) is 21.1. The molecule has 3 aromatic rings. The second-order valence-electron chi connectivity index (χ2n) is 10.5. The third-order valence-electron chi connectivity index (χ3n) is 6.65. The summed E-state index contributed by atoms with van der Waals surface area (Å²) < 4.78 is 3.64. The van der Waals surface area contributed by atoms with Gasteiger partial charge in [-0.2, -0.15) is 9.61 Å². The van der Waals surface area contributed by atoms with E-state index in [2.05, 4.69) is 60.7 Å². The zero-order valence-electron chi connectivity index (χ0n) is 21.1. The minimum absolute atomic E-state index is 0.0819. The highest BCUT2D eigenvalue weighted by Gasteiger charge is 2.26. The quantitative estimate of drug-likeness (QED) is 0.525. The predicted octanol–water partition coefficient (Wildman–Crippen LogP) is 4.75. The van der Waals surface area contributed by atoms with Gasteiger partial charge in [-0.3, -0.25) is 9.69 Å². The van der Waals surface area contributed by atoms with Gasteiger partial charge in [0.2, 0.25) is 0 Å². The van der Waals surface area contributed by atoms with Gasteiger partial charge < -0.3 is 9.88 Å². The molecule has 180 valence electrons. The molecule has 1 fully saturated rings. The number of anilines is 1. The van der Waals surface area contributed by atoms with Crippen molar-refractivity contribution >= 4 is 17.5 Å². The molecule has 0 radical (unpaired) electrons. The van der Waals surface area contributed by atoms with E-state index in [4.69, 9.17) is 5.10 Å². The molecular formula is C27H36N6O. The Morgan fingerprint density at radius 3 is 2.62 bits per heavy atom. The third kappa shape index (κ3) is 4.71. The molecule has 1 aliphatic carbocycles. The average Bonchev–Trinajstić information content (AvgIpc) is 3.18. The lowest BCUT2D eigenvalue weighted by molar-refractivity contribution is 0.151. The number of rotatable bonds is 8. The van der Waals surface area contributed by atoms with Gasteiger partial charge in [-0.1, -0.05) is 46.4 Å². The first-order chi connectivity index (χ1) is 16.1. The van der Waals surface area contributed by atoms with Crippen molar-refractivity contribution in [2.45, 2.75) is 71.5 Å². The third-order valence-corrected chi connectivity index (χ3v) is 6.65. The molecule has 7 nitrogen and oxygen atoms in total. The number of nitrogens with one attached hydrogen (secondary N) is 1. The maximum Gasteiger partial charge on any atom is 0.279 e. The minimum atomic E-state index is -0.186. The van der Waals surface area contributed by atoms with E-state index in [-0.39, 0.29) is 11.0 Å².